The predicted molar refractivity (Wildman–Crippen MR) is 65.7 cm³/mol. The van der Waals surface area contributed by atoms with Gasteiger partial charge in [0.1, 0.15) is 17.0 Å². The van der Waals surface area contributed by atoms with E-state index in [9.17, 15) is 13.2 Å². The van der Waals surface area contributed by atoms with Crippen molar-refractivity contribution >= 4 is 16.0 Å². The molecular formula is C11H13N3O4S. The summed E-state index contributed by atoms with van der Waals surface area (Å²) in [5.74, 6) is -1.26. The molecule has 102 valence electrons. The molecule has 1 aromatic heterocycles. The van der Waals surface area contributed by atoms with Crippen molar-refractivity contribution in [2.45, 2.75) is 24.8 Å². The minimum absolute atomic E-state index is 0.137. The molecule has 0 saturated heterocycles. The normalized spacial score (nSPS) is 13.0. The molecule has 7 nitrogen and oxygen atoms in total. The highest BCUT2D eigenvalue weighted by Gasteiger charge is 2.30. The van der Waals surface area contributed by atoms with Crippen molar-refractivity contribution in [3.63, 3.8) is 0 Å². The van der Waals surface area contributed by atoms with Crippen molar-refractivity contribution in [2.24, 2.45) is 0 Å². The molecule has 19 heavy (non-hydrogen) atoms. The molecule has 0 aromatic carbocycles. The molecular weight excluding hydrogens is 270 g/mol. The molecule has 0 radical (unpaired) electrons. The number of carbonyl (C=O) groups is 1. The lowest BCUT2D eigenvalue weighted by Gasteiger charge is -2.20. The molecule has 0 aliphatic carbocycles. The Morgan fingerprint density at radius 1 is 1.58 bits per heavy atom. The molecule has 1 unspecified atom stereocenters. The summed E-state index contributed by atoms with van der Waals surface area (Å²) in [6, 6.07) is 1.81. The highest BCUT2D eigenvalue weighted by Crippen LogP contribution is 2.18. The van der Waals surface area contributed by atoms with Gasteiger partial charge in [-0.05, 0) is 19.9 Å². The number of hydrogen-bond donors (Lipinski definition) is 1. The smallest absolute Gasteiger partial charge is 0.321 e. The first-order valence-corrected chi connectivity index (χ1v) is 6.73. The number of carboxylic acids is 1. The summed E-state index contributed by atoms with van der Waals surface area (Å²) in [5, 5.41) is 17.7. The van der Waals surface area contributed by atoms with Crippen LogP contribution in [-0.4, -0.2) is 41.9 Å². The summed E-state index contributed by atoms with van der Waals surface area (Å²) in [7, 11) is -2.83. The van der Waals surface area contributed by atoms with Crippen molar-refractivity contribution < 1.29 is 18.3 Å². The summed E-state index contributed by atoms with van der Waals surface area (Å²) in [6.45, 7) is 2.84. The third-order valence-corrected chi connectivity index (χ3v) is 4.66. The zero-order chi connectivity index (χ0) is 14.8. The molecule has 1 atom stereocenters. The Balaban J connectivity index is 3.29. The van der Waals surface area contributed by atoms with Crippen LogP contribution < -0.4 is 0 Å². The number of likely N-dealkylation sites (N-methyl/N-ethyl adjacent to an activating group) is 1. The van der Waals surface area contributed by atoms with Gasteiger partial charge in [-0.25, -0.2) is 8.42 Å². The Morgan fingerprint density at radius 2 is 2.16 bits per heavy atom. The fraction of sp³-hybridized carbons (Fsp3) is 0.364. The lowest BCUT2D eigenvalue weighted by molar-refractivity contribution is -0.140. The van der Waals surface area contributed by atoms with Gasteiger partial charge < -0.3 is 5.11 Å². The van der Waals surface area contributed by atoms with Gasteiger partial charge in [0.2, 0.25) is 10.0 Å². The van der Waals surface area contributed by atoms with E-state index in [2.05, 4.69) is 4.98 Å². The highest BCUT2D eigenvalue weighted by atomic mass is 32.2. The van der Waals surface area contributed by atoms with Crippen molar-refractivity contribution in [3.05, 3.63) is 23.5 Å². The zero-order valence-corrected chi connectivity index (χ0v) is 11.5. The van der Waals surface area contributed by atoms with Crippen LogP contribution in [0.25, 0.3) is 0 Å². The van der Waals surface area contributed by atoms with Gasteiger partial charge in [0.15, 0.2) is 0 Å². The second-order valence-corrected chi connectivity index (χ2v) is 5.95. The first kappa shape index (κ1) is 15.1. The van der Waals surface area contributed by atoms with E-state index in [1.54, 1.807) is 6.92 Å². The number of nitriles is 1. The van der Waals surface area contributed by atoms with Crippen molar-refractivity contribution in [3.8, 4) is 6.07 Å². The van der Waals surface area contributed by atoms with Gasteiger partial charge in [-0.1, -0.05) is 0 Å². The average molecular weight is 283 g/mol. The standard InChI is InChI=1S/C11H13N3O4S/c1-7-9(5-12)4-10(6-13-7)19(17,18)14(3)8(2)11(15)16/h4,6,8H,1-3H3,(H,15,16). The Kier molecular flexibility index (Phi) is 4.24. The number of aryl methyl sites for hydroxylation is 1. The maximum atomic E-state index is 12.2. The summed E-state index contributed by atoms with van der Waals surface area (Å²) in [6.07, 6.45) is 1.11. The molecule has 0 aliphatic heterocycles. The maximum Gasteiger partial charge on any atom is 0.321 e. The number of nitrogens with zero attached hydrogens (tertiary/aromatic N) is 3. The molecule has 0 aliphatic rings. The van der Waals surface area contributed by atoms with Crippen molar-refractivity contribution in [1.82, 2.24) is 9.29 Å². The molecule has 1 rings (SSSR count). The van der Waals surface area contributed by atoms with Gasteiger partial charge in [0, 0.05) is 13.2 Å². The van der Waals surface area contributed by atoms with Crippen LogP contribution in [0, 0.1) is 18.3 Å². The summed E-state index contributed by atoms with van der Waals surface area (Å²) < 4.78 is 25.1. The largest absolute Gasteiger partial charge is 0.480 e. The number of aromatic nitrogens is 1. The van der Waals surface area contributed by atoms with E-state index in [-0.39, 0.29) is 10.5 Å². The second kappa shape index (κ2) is 5.34. The van der Waals surface area contributed by atoms with Gasteiger partial charge in [0.25, 0.3) is 0 Å². The molecule has 8 heteroatoms. The zero-order valence-electron chi connectivity index (χ0n) is 10.7. The van der Waals surface area contributed by atoms with Crippen LogP contribution in [-0.2, 0) is 14.8 Å². The Hall–Kier alpha value is -1.98. The Morgan fingerprint density at radius 3 is 2.63 bits per heavy atom. The number of aliphatic carboxylic acids is 1. The summed E-state index contributed by atoms with van der Waals surface area (Å²) in [4.78, 5) is 14.4. The molecule has 1 aromatic rings. The third kappa shape index (κ3) is 2.89. The van der Waals surface area contributed by atoms with E-state index < -0.39 is 22.0 Å². The van der Waals surface area contributed by atoms with E-state index in [1.807, 2.05) is 6.07 Å². The molecule has 0 fully saturated rings. The fourth-order valence-electron chi connectivity index (χ4n) is 1.30. The molecule has 0 saturated carbocycles. The van der Waals surface area contributed by atoms with E-state index in [0.717, 1.165) is 10.5 Å². The van der Waals surface area contributed by atoms with E-state index in [4.69, 9.17) is 10.4 Å². The number of pyridine rings is 1. The van der Waals surface area contributed by atoms with Crippen molar-refractivity contribution in [2.75, 3.05) is 7.05 Å². The molecule has 1 heterocycles. The monoisotopic (exact) mass is 283 g/mol. The van der Waals surface area contributed by atoms with Gasteiger partial charge in [-0.3, -0.25) is 9.78 Å². The van der Waals surface area contributed by atoms with E-state index in [0.29, 0.717) is 5.69 Å². The van der Waals surface area contributed by atoms with Crippen LogP contribution in [0.1, 0.15) is 18.2 Å². The third-order valence-electron chi connectivity index (χ3n) is 2.76. The van der Waals surface area contributed by atoms with Crippen LogP contribution in [0.15, 0.2) is 17.2 Å². The van der Waals surface area contributed by atoms with E-state index >= 15 is 0 Å². The molecule has 1 N–H and O–H groups in total. The molecule has 0 amide bonds. The van der Waals surface area contributed by atoms with Crippen LogP contribution in [0.5, 0.6) is 0 Å². The topological polar surface area (TPSA) is 111 Å². The number of carboxylic acid groups (broad SMARTS) is 1. The first-order valence-electron chi connectivity index (χ1n) is 5.29. The van der Waals surface area contributed by atoms with Gasteiger partial charge in [-0.2, -0.15) is 9.57 Å². The van der Waals surface area contributed by atoms with E-state index in [1.165, 1.54) is 20.0 Å². The van der Waals surface area contributed by atoms with Gasteiger partial charge in [0.05, 0.1) is 11.3 Å². The second-order valence-electron chi connectivity index (χ2n) is 3.95. The quantitative estimate of drug-likeness (QED) is 0.853. The number of rotatable bonds is 4. The average Bonchev–Trinajstić information content (AvgIpc) is 2.36. The Bertz CT molecular complexity index is 648. The highest BCUT2D eigenvalue weighted by molar-refractivity contribution is 7.89. The summed E-state index contributed by atoms with van der Waals surface area (Å²) in [5.41, 5.74) is 0.549. The van der Waals surface area contributed by atoms with Gasteiger partial charge >= 0.3 is 5.97 Å². The molecule has 0 bridgehead atoms. The first-order chi connectivity index (χ1) is 8.71. The minimum atomic E-state index is -3.99. The molecule has 0 spiro atoms. The maximum absolute atomic E-state index is 12.2. The van der Waals surface area contributed by atoms with Crippen LogP contribution in [0.3, 0.4) is 0 Å². The van der Waals surface area contributed by atoms with Gasteiger partial charge in [-0.15, -0.1) is 0 Å². The van der Waals surface area contributed by atoms with Crippen LogP contribution in [0.4, 0.5) is 0 Å². The lowest BCUT2D eigenvalue weighted by atomic mass is 10.2. The summed E-state index contributed by atoms with van der Waals surface area (Å²) >= 11 is 0. The van der Waals surface area contributed by atoms with Crippen LogP contribution >= 0.6 is 0 Å². The fourth-order valence-corrected chi connectivity index (χ4v) is 2.59. The number of sulfonamides is 1. The lowest BCUT2D eigenvalue weighted by Crippen LogP contribution is -2.40. The van der Waals surface area contributed by atoms with Crippen LogP contribution in [0.2, 0.25) is 0 Å². The SMILES string of the molecule is Cc1ncc(S(=O)(=O)N(C)C(C)C(=O)O)cc1C#N. The Labute approximate surface area is 111 Å². The minimum Gasteiger partial charge on any atom is -0.480 e. The van der Waals surface area contributed by atoms with Crippen molar-refractivity contribution in [1.29, 1.82) is 5.26 Å². The predicted octanol–water partition coefficient (Wildman–Crippen LogP) is 0.355. The number of hydrogen-bond acceptors (Lipinski definition) is 5.